The number of hydrogen-bond acceptors (Lipinski definition) is 13. The van der Waals surface area contributed by atoms with Gasteiger partial charge in [0.15, 0.2) is 0 Å². The van der Waals surface area contributed by atoms with Gasteiger partial charge in [0.25, 0.3) is 0 Å². The normalized spacial score (nSPS) is 24.9. The molecule has 0 saturated carbocycles. The number of nitriles is 1. The van der Waals surface area contributed by atoms with Crippen LogP contribution in [0.2, 0.25) is 0 Å². The van der Waals surface area contributed by atoms with Gasteiger partial charge < -0.3 is 30.7 Å². The van der Waals surface area contributed by atoms with E-state index in [0.29, 0.717) is 42.2 Å². The lowest BCUT2D eigenvalue weighted by molar-refractivity contribution is -0.129. The molecule has 4 aromatic rings. The molecule has 16 nitrogen and oxygen atoms in total. The predicted molar refractivity (Wildman–Crippen MR) is 194 cm³/mol. The van der Waals surface area contributed by atoms with E-state index in [0.717, 1.165) is 73.4 Å². The van der Waals surface area contributed by atoms with E-state index in [4.69, 9.17) is 15.2 Å². The number of aryl methyl sites for hydroxylation is 4. The first kappa shape index (κ1) is 34.2. The number of amides is 1. The van der Waals surface area contributed by atoms with Gasteiger partial charge in [0.2, 0.25) is 17.8 Å². The molecule has 1 amide bonds. The van der Waals surface area contributed by atoms with Crippen molar-refractivity contribution in [3.8, 4) is 6.07 Å². The van der Waals surface area contributed by atoms with E-state index < -0.39 is 0 Å². The summed E-state index contributed by atoms with van der Waals surface area (Å²) in [6.07, 6.45) is 11.0. The zero-order chi connectivity index (χ0) is 35.9. The minimum atomic E-state index is -0.0640. The molecule has 0 radical (unpaired) electrons. The fourth-order valence-electron chi connectivity index (χ4n) is 8.05. The number of nitrogens with zero attached hydrogens (tertiary/aromatic N) is 12. The molecule has 268 valence electrons. The van der Waals surface area contributed by atoms with Crippen molar-refractivity contribution >= 4 is 40.8 Å². The molecule has 4 aromatic heterocycles. The van der Waals surface area contributed by atoms with Crippen molar-refractivity contribution in [3.63, 3.8) is 0 Å². The second-order valence-corrected chi connectivity index (χ2v) is 15.2. The quantitative estimate of drug-likeness (QED) is 0.258. The number of carbonyl (C=O) groups is 1. The summed E-state index contributed by atoms with van der Waals surface area (Å²) in [7, 11) is 3.76. The maximum absolute atomic E-state index is 12.1. The first-order valence-electron chi connectivity index (χ1n) is 17.5. The summed E-state index contributed by atoms with van der Waals surface area (Å²) < 4.78 is 3.48. The minimum Gasteiger partial charge on any atom is -0.355 e. The number of carbonyl (C=O) groups excluding carboxylic acids is 1. The molecule has 0 aromatic carbocycles. The monoisotopic (exact) mass is 693 g/mol. The van der Waals surface area contributed by atoms with E-state index in [2.05, 4.69) is 66.7 Å². The van der Waals surface area contributed by atoms with Gasteiger partial charge in [-0.1, -0.05) is 13.8 Å². The highest BCUT2D eigenvalue weighted by Crippen LogP contribution is 2.44. The number of aromatic nitrogens is 8. The van der Waals surface area contributed by atoms with Gasteiger partial charge in [0.1, 0.15) is 18.1 Å². The van der Waals surface area contributed by atoms with Crippen molar-refractivity contribution in [2.45, 2.75) is 34.1 Å². The lowest BCUT2D eigenvalue weighted by Crippen LogP contribution is -2.35. The zero-order valence-corrected chi connectivity index (χ0v) is 30.3. The van der Waals surface area contributed by atoms with E-state index >= 15 is 0 Å². The van der Waals surface area contributed by atoms with Gasteiger partial charge in [0, 0.05) is 119 Å². The number of hydrogen-bond donors (Lipinski definition) is 3. The van der Waals surface area contributed by atoms with Crippen LogP contribution in [0.15, 0.2) is 37.2 Å². The Labute approximate surface area is 298 Å². The second kappa shape index (κ2) is 13.4. The largest absolute Gasteiger partial charge is 0.355 e. The predicted octanol–water partition coefficient (Wildman–Crippen LogP) is 2.77. The molecule has 0 spiro atoms. The molecule has 0 unspecified atom stereocenters. The number of nitrogens with one attached hydrogen (secondary N) is 3. The van der Waals surface area contributed by atoms with Crippen LogP contribution in [0.4, 0.5) is 34.9 Å². The van der Waals surface area contributed by atoms with Crippen LogP contribution in [-0.2, 0) is 18.9 Å². The summed E-state index contributed by atoms with van der Waals surface area (Å²) in [5, 5.41) is 27.0. The van der Waals surface area contributed by atoms with Gasteiger partial charge in [-0.25, -0.2) is 9.97 Å². The van der Waals surface area contributed by atoms with Gasteiger partial charge in [-0.15, -0.1) is 0 Å². The van der Waals surface area contributed by atoms with Gasteiger partial charge in [-0.05, 0) is 19.8 Å². The zero-order valence-electron chi connectivity index (χ0n) is 30.3. The molecule has 8 rings (SSSR count). The molecule has 4 aliphatic heterocycles. The molecule has 0 bridgehead atoms. The van der Waals surface area contributed by atoms with Crippen molar-refractivity contribution in [2.24, 2.45) is 36.8 Å². The standard InChI is InChI=1S/C19H24N8O.C16H23N7/c1-13-6-21-18(23-15-7-22-25(3)10-15)24-17(13)27-9-14-8-26(16(28)4-5-20)11-19(14,2)12-27;1-11-4-18-15(20-13-6-19-22(3)8-13)21-14(11)23-7-12-5-17-9-16(12,2)10-23/h6-7,10,14H,4,8-9,11-12H2,1-3H3,(H,21,23,24);4,6,8,12,17H,5,7,9-10H2,1-3H3,(H,18,20,21)/t14-,19+;12-,16+/m00/s1. The van der Waals surface area contributed by atoms with Gasteiger partial charge in [-0.3, -0.25) is 14.2 Å². The van der Waals surface area contributed by atoms with Gasteiger partial charge in [0.05, 0.1) is 29.8 Å². The van der Waals surface area contributed by atoms with E-state index in [1.54, 1.807) is 21.8 Å². The third kappa shape index (κ3) is 7.03. The Morgan fingerprint density at radius 3 is 1.88 bits per heavy atom. The van der Waals surface area contributed by atoms with E-state index in [1.807, 2.05) is 56.8 Å². The third-order valence-electron chi connectivity index (χ3n) is 10.9. The van der Waals surface area contributed by atoms with E-state index in [9.17, 15) is 4.79 Å². The molecule has 8 heterocycles. The van der Waals surface area contributed by atoms with Crippen LogP contribution in [0.5, 0.6) is 0 Å². The fraction of sp³-hybridized carbons (Fsp3) is 0.543. The molecule has 4 saturated heterocycles. The Morgan fingerprint density at radius 1 is 0.843 bits per heavy atom. The minimum absolute atomic E-state index is 0.0133. The number of likely N-dealkylation sites (tertiary alicyclic amines) is 1. The SMILES string of the molecule is Cc1cnc(Nc2cnn(C)c2)nc1N1C[C@@H]2CN(C(=O)CC#N)C[C@]2(C)C1.Cc1cnc(Nc2cnn(C)c2)nc1N1C[C@@H]2CNC[C@]2(C)C1. The van der Waals surface area contributed by atoms with Gasteiger partial charge in [-0.2, -0.15) is 25.4 Å². The van der Waals surface area contributed by atoms with Crippen molar-refractivity contribution in [2.75, 3.05) is 72.8 Å². The van der Waals surface area contributed by atoms with Crippen molar-refractivity contribution in [1.29, 1.82) is 5.26 Å². The highest BCUT2D eigenvalue weighted by Gasteiger charge is 2.51. The molecular weight excluding hydrogens is 646 g/mol. The molecule has 0 aliphatic carbocycles. The molecule has 16 heteroatoms. The van der Waals surface area contributed by atoms with Crippen LogP contribution < -0.4 is 25.8 Å². The molecule has 4 aliphatic rings. The smallest absolute Gasteiger partial charge is 0.236 e. The summed E-state index contributed by atoms with van der Waals surface area (Å²) in [6, 6.07) is 1.96. The third-order valence-corrected chi connectivity index (χ3v) is 10.9. The highest BCUT2D eigenvalue weighted by atomic mass is 16.2. The molecule has 51 heavy (non-hydrogen) atoms. The first-order chi connectivity index (χ1) is 24.4. The lowest BCUT2D eigenvalue weighted by atomic mass is 9.83. The Kier molecular flexibility index (Phi) is 9.00. The Balaban J connectivity index is 0.000000162. The molecule has 4 atom stereocenters. The van der Waals surface area contributed by atoms with Crippen LogP contribution in [-0.4, -0.2) is 103 Å². The molecular formula is C35H47N15O. The average molecular weight is 694 g/mol. The molecule has 4 fully saturated rings. The number of fused-ring (bicyclic) bond motifs is 2. The van der Waals surface area contributed by atoms with Crippen LogP contribution in [0.1, 0.15) is 31.4 Å². The van der Waals surface area contributed by atoms with E-state index in [-0.39, 0.29) is 17.7 Å². The van der Waals surface area contributed by atoms with Crippen LogP contribution in [0, 0.1) is 47.8 Å². The topological polar surface area (TPSA) is 174 Å². The molecule has 3 N–H and O–H groups in total. The summed E-state index contributed by atoms with van der Waals surface area (Å²) in [5.74, 6) is 4.14. The van der Waals surface area contributed by atoms with Crippen molar-refractivity contribution < 1.29 is 4.79 Å². The number of rotatable bonds is 7. The lowest BCUT2D eigenvalue weighted by Gasteiger charge is -2.26. The second-order valence-electron chi connectivity index (χ2n) is 15.2. The Hall–Kier alpha value is -5.30. The summed E-state index contributed by atoms with van der Waals surface area (Å²) >= 11 is 0. The average Bonchev–Trinajstić information content (AvgIpc) is 3.92. The van der Waals surface area contributed by atoms with Crippen LogP contribution in [0.3, 0.4) is 0 Å². The maximum Gasteiger partial charge on any atom is 0.236 e. The Bertz CT molecular complexity index is 1950. The van der Waals surface area contributed by atoms with E-state index in [1.165, 1.54) is 0 Å². The fourth-order valence-corrected chi connectivity index (χ4v) is 8.05. The summed E-state index contributed by atoms with van der Waals surface area (Å²) in [6.45, 7) is 16.1. The Morgan fingerprint density at radius 2 is 1.39 bits per heavy atom. The summed E-state index contributed by atoms with van der Waals surface area (Å²) in [5.41, 5.74) is 4.26. The van der Waals surface area contributed by atoms with Crippen LogP contribution >= 0.6 is 0 Å². The van der Waals surface area contributed by atoms with Crippen molar-refractivity contribution in [3.05, 3.63) is 48.3 Å². The number of anilines is 6. The maximum atomic E-state index is 12.1. The van der Waals surface area contributed by atoms with Crippen LogP contribution in [0.25, 0.3) is 0 Å². The summed E-state index contributed by atoms with van der Waals surface area (Å²) in [4.78, 5) is 37.0. The highest BCUT2D eigenvalue weighted by molar-refractivity contribution is 5.78. The first-order valence-corrected chi connectivity index (χ1v) is 17.5. The van der Waals surface area contributed by atoms with Gasteiger partial charge >= 0.3 is 0 Å². The van der Waals surface area contributed by atoms with Crippen molar-refractivity contribution in [1.82, 2.24) is 49.7 Å².